The van der Waals surface area contributed by atoms with Gasteiger partial charge < -0.3 is 9.30 Å². The van der Waals surface area contributed by atoms with Crippen LogP contribution < -0.4 is 4.74 Å². The first-order valence-corrected chi connectivity index (χ1v) is 12.2. The Bertz CT molecular complexity index is 1410. The summed E-state index contributed by atoms with van der Waals surface area (Å²) < 4.78 is 32.6. The molecule has 0 saturated carbocycles. The van der Waals surface area contributed by atoms with E-state index in [2.05, 4.69) is 19.5 Å². The number of ether oxygens (including phenoxy) is 1. The molecule has 4 aromatic heterocycles. The molecule has 32 heavy (non-hydrogen) atoms. The third kappa shape index (κ3) is 3.56. The molecule has 0 aliphatic carbocycles. The summed E-state index contributed by atoms with van der Waals surface area (Å²) in [5.41, 5.74) is 4.71. The molecule has 0 bridgehead atoms. The number of pyridine rings is 2. The molecule has 0 atom stereocenters. The van der Waals surface area contributed by atoms with E-state index in [0.29, 0.717) is 19.1 Å². The summed E-state index contributed by atoms with van der Waals surface area (Å²) in [6.45, 7) is 2.96. The molecule has 10 nitrogen and oxygen atoms in total. The van der Waals surface area contributed by atoms with E-state index in [1.54, 1.807) is 18.6 Å². The lowest BCUT2D eigenvalue weighted by Crippen LogP contribution is -2.38. The van der Waals surface area contributed by atoms with Crippen LogP contribution in [0.15, 0.2) is 30.7 Å². The highest BCUT2D eigenvalue weighted by Gasteiger charge is 2.28. The Kier molecular flexibility index (Phi) is 5.01. The molecule has 0 radical (unpaired) electrons. The monoisotopic (exact) mass is 453 g/mol. The molecule has 4 aromatic rings. The summed E-state index contributed by atoms with van der Waals surface area (Å²) in [5, 5.41) is 0. The predicted octanol–water partition coefficient (Wildman–Crippen LogP) is 2.35. The number of fused-ring (bicyclic) bond motifs is 3. The van der Waals surface area contributed by atoms with Gasteiger partial charge in [0.1, 0.15) is 16.9 Å². The lowest BCUT2D eigenvalue weighted by molar-refractivity contribution is 0.276. The zero-order valence-electron chi connectivity index (χ0n) is 18.1. The van der Waals surface area contributed by atoms with Crippen LogP contribution in [0.4, 0.5) is 0 Å². The Balaban J connectivity index is 1.61. The standard InChI is InChI=1S/C21H23N7O3S/c1-13-25-18-12-22-17-5-4-16(14-10-23-21(31-2)24-11-14)26-19(17)20(18)28(13)15-6-8-27(9-7-15)32(3,29)30/h4-5,10-12,15H,6-9H2,1-3H3. The van der Waals surface area contributed by atoms with Crippen LogP contribution >= 0.6 is 0 Å². The maximum atomic E-state index is 11.9. The molecule has 0 spiro atoms. The van der Waals surface area contributed by atoms with Gasteiger partial charge in [-0.1, -0.05) is 0 Å². The summed E-state index contributed by atoms with van der Waals surface area (Å²) in [4.78, 5) is 22.5. The molecule has 0 aromatic carbocycles. The van der Waals surface area contributed by atoms with Crippen LogP contribution in [0, 0.1) is 6.92 Å². The molecule has 0 N–H and O–H groups in total. The van der Waals surface area contributed by atoms with Gasteiger partial charge in [0.15, 0.2) is 0 Å². The number of nitrogens with zero attached hydrogens (tertiary/aromatic N) is 7. The maximum absolute atomic E-state index is 11.9. The van der Waals surface area contributed by atoms with Gasteiger partial charge in [0, 0.05) is 37.1 Å². The van der Waals surface area contributed by atoms with Gasteiger partial charge in [-0.15, -0.1) is 0 Å². The number of piperidine rings is 1. The van der Waals surface area contributed by atoms with Gasteiger partial charge in [0.2, 0.25) is 10.0 Å². The summed E-state index contributed by atoms with van der Waals surface area (Å²) in [6.07, 6.45) is 7.82. The van der Waals surface area contributed by atoms with Crippen molar-refractivity contribution in [1.82, 2.24) is 33.8 Å². The van der Waals surface area contributed by atoms with Gasteiger partial charge in [-0.05, 0) is 31.9 Å². The van der Waals surface area contributed by atoms with Crippen molar-refractivity contribution in [3.8, 4) is 17.3 Å². The lowest BCUT2D eigenvalue weighted by Gasteiger charge is -2.31. The highest BCUT2D eigenvalue weighted by molar-refractivity contribution is 7.88. The largest absolute Gasteiger partial charge is 0.467 e. The number of hydrogen-bond donors (Lipinski definition) is 0. The summed E-state index contributed by atoms with van der Waals surface area (Å²) >= 11 is 0. The van der Waals surface area contributed by atoms with E-state index in [4.69, 9.17) is 14.7 Å². The average molecular weight is 454 g/mol. The van der Waals surface area contributed by atoms with Gasteiger partial charge in [-0.3, -0.25) is 4.98 Å². The predicted molar refractivity (Wildman–Crippen MR) is 120 cm³/mol. The van der Waals surface area contributed by atoms with E-state index in [9.17, 15) is 8.42 Å². The van der Waals surface area contributed by atoms with Crippen LogP contribution in [0.2, 0.25) is 0 Å². The zero-order chi connectivity index (χ0) is 22.5. The quantitative estimate of drug-likeness (QED) is 0.462. The number of imidazole rings is 1. The average Bonchev–Trinajstić information content (AvgIpc) is 3.14. The van der Waals surface area contributed by atoms with E-state index in [1.807, 2.05) is 19.1 Å². The minimum Gasteiger partial charge on any atom is -0.467 e. The molecule has 1 aliphatic rings. The Hall–Kier alpha value is -3.18. The highest BCUT2D eigenvalue weighted by Crippen LogP contribution is 2.33. The van der Waals surface area contributed by atoms with Crippen molar-refractivity contribution >= 4 is 32.1 Å². The molecule has 5 heterocycles. The number of hydrogen-bond acceptors (Lipinski definition) is 8. The molecule has 1 aliphatic heterocycles. The maximum Gasteiger partial charge on any atom is 0.316 e. The smallest absolute Gasteiger partial charge is 0.316 e. The fourth-order valence-electron chi connectivity index (χ4n) is 4.35. The number of aryl methyl sites for hydroxylation is 1. The Morgan fingerprint density at radius 1 is 1.00 bits per heavy atom. The van der Waals surface area contributed by atoms with Gasteiger partial charge in [-0.25, -0.2) is 32.7 Å². The van der Waals surface area contributed by atoms with Crippen LogP contribution in [0.1, 0.15) is 24.7 Å². The minimum absolute atomic E-state index is 0.137. The Labute approximate surface area is 185 Å². The van der Waals surface area contributed by atoms with Crippen molar-refractivity contribution in [3.63, 3.8) is 0 Å². The first kappa shape index (κ1) is 20.7. The van der Waals surface area contributed by atoms with E-state index >= 15 is 0 Å². The van der Waals surface area contributed by atoms with Crippen LogP contribution in [-0.4, -0.2) is 68.7 Å². The number of methoxy groups -OCH3 is 1. The Morgan fingerprint density at radius 2 is 1.72 bits per heavy atom. The van der Waals surface area contributed by atoms with Crippen molar-refractivity contribution in [1.29, 1.82) is 0 Å². The molecule has 5 rings (SSSR count). The highest BCUT2D eigenvalue weighted by atomic mass is 32.2. The summed E-state index contributed by atoms with van der Waals surface area (Å²) in [6, 6.07) is 4.26. The van der Waals surface area contributed by atoms with Crippen LogP contribution in [0.5, 0.6) is 6.01 Å². The van der Waals surface area contributed by atoms with E-state index < -0.39 is 10.0 Å². The number of sulfonamides is 1. The van der Waals surface area contributed by atoms with Crippen LogP contribution in [0.3, 0.4) is 0 Å². The van der Waals surface area contributed by atoms with Gasteiger partial charge in [0.05, 0.1) is 36.3 Å². The molecule has 1 fully saturated rings. The molecule has 0 unspecified atom stereocenters. The third-order valence-corrected chi connectivity index (χ3v) is 7.21. The second-order valence-corrected chi connectivity index (χ2v) is 9.92. The van der Waals surface area contributed by atoms with Crippen LogP contribution in [0.25, 0.3) is 33.3 Å². The third-order valence-electron chi connectivity index (χ3n) is 5.90. The summed E-state index contributed by atoms with van der Waals surface area (Å²) in [7, 11) is -1.66. The molecule has 166 valence electrons. The van der Waals surface area contributed by atoms with E-state index in [0.717, 1.165) is 52.0 Å². The molecular formula is C21H23N7O3S. The normalized spacial score (nSPS) is 16.1. The molecular weight excluding hydrogens is 430 g/mol. The summed E-state index contributed by atoms with van der Waals surface area (Å²) in [5.74, 6) is 0.868. The fraction of sp³-hybridized carbons (Fsp3) is 0.381. The molecule has 11 heteroatoms. The zero-order valence-corrected chi connectivity index (χ0v) is 18.9. The van der Waals surface area contributed by atoms with Crippen LogP contribution in [-0.2, 0) is 10.0 Å². The first-order chi connectivity index (χ1) is 15.3. The van der Waals surface area contributed by atoms with Crippen molar-refractivity contribution in [2.24, 2.45) is 0 Å². The van der Waals surface area contributed by atoms with Crippen molar-refractivity contribution < 1.29 is 13.2 Å². The fourth-order valence-corrected chi connectivity index (χ4v) is 5.22. The van der Waals surface area contributed by atoms with Crippen molar-refractivity contribution in [2.75, 3.05) is 26.5 Å². The van der Waals surface area contributed by atoms with Gasteiger partial charge >= 0.3 is 6.01 Å². The van der Waals surface area contributed by atoms with E-state index in [1.165, 1.54) is 17.7 Å². The molecule has 1 saturated heterocycles. The minimum atomic E-state index is -3.18. The van der Waals surface area contributed by atoms with Crippen molar-refractivity contribution in [2.45, 2.75) is 25.8 Å². The Morgan fingerprint density at radius 3 is 2.38 bits per heavy atom. The number of rotatable bonds is 4. The number of aromatic nitrogens is 6. The van der Waals surface area contributed by atoms with Crippen molar-refractivity contribution in [3.05, 3.63) is 36.5 Å². The second kappa shape index (κ2) is 7.75. The van der Waals surface area contributed by atoms with E-state index in [-0.39, 0.29) is 6.04 Å². The lowest BCUT2D eigenvalue weighted by atomic mass is 10.1. The second-order valence-electron chi connectivity index (χ2n) is 7.94. The first-order valence-electron chi connectivity index (χ1n) is 10.3. The van der Waals surface area contributed by atoms with Gasteiger partial charge in [0.25, 0.3) is 0 Å². The van der Waals surface area contributed by atoms with Gasteiger partial charge in [-0.2, -0.15) is 0 Å². The SMILES string of the molecule is COc1ncc(-c2ccc3ncc4nc(C)n(C5CCN(S(C)(=O)=O)CC5)c4c3n2)cn1. The molecule has 0 amide bonds. The topological polar surface area (TPSA) is 116 Å².